The molecule has 0 saturated carbocycles. The minimum atomic E-state index is -4.30. The van der Waals surface area contributed by atoms with Crippen molar-refractivity contribution in [3.63, 3.8) is 0 Å². The molecular weight excluding hydrogens is 271 g/mol. The normalized spacial score (nSPS) is 11.6. The molecule has 0 heterocycles. The molecule has 0 aliphatic rings. The van der Waals surface area contributed by atoms with Crippen LogP contribution in [0.15, 0.2) is 34.6 Å². The number of allylic oxidation sites excluding steroid dienone is 1. The van der Waals surface area contributed by atoms with Gasteiger partial charge >= 0.3 is 6.18 Å². The molecule has 1 aromatic rings. The Morgan fingerprint density at radius 3 is 2.63 bits per heavy atom. The van der Waals surface area contributed by atoms with Crippen molar-refractivity contribution in [2.24, 2.45) is 0 Å². The Morgan fingerprint density at radius 1 is 1.37 bits per heavy atom. The van der Waals surface area contributed by atoms with Gasteiger partial charge in [0.25, 0.3) is 0 Å². The predicted octanol–water partition coefficient (Wildman–Crippen LogP) is 4.62. The summed E-state index contributed by atoms with van der Waals surface area (Å²) in [6.45, 7) is 6.59. The molecule has 0 aliphatic heterocycles. The fourth-order valence-corrected chi connectivity index (χ4v) is 2.53. The van der Waals surface area contributed by atoms with Gasteiger partial charge in [-0.1, -0.05) is 24.4 Å². The number of thioether (sulfide) groups is 1. The minimum Gasteiger partial charge on any atom is -0.320 e. The third-order valence-electron chi connectivity index (χ3n) is 2.65. The third kappa shape index (κ3) is 5.28. The van der Waals surface area contributed by atoms with Crippen LogP contribution in [0.3, 0.4) is 0 Å². The van der Waals surface area contributed by atoms with Gasteiger partial charge < -0.3 is 5.32 Å². The molecule has 0 spiro atoms. The van der Waals surface area contributed by atoms with Crippen LogP contribution in [0.5, 0.6) is 0 Å². The highest BCUT2D eigenvalue weighted by Gasteiger charge is 2.30. The summed E-state index contributed by atoms with van der Waals surface area (Å²) in [7, 11) is 1.87. The van der Waals surface area contributed by atoms with Crippen molar-refractivity contribution in [1.82, 2.24) is 5.32 Å². The maximum absolute atomic E-state index is 12.6. The summed E-state index contributed by atoms with van der Waals surface area (Å²) in [6, 6.07) is 3.82. The first-order valence-electron chi connectivity index (χ1n) is 6.02. The van der Waals surface area contributed by atoms with Gasteiger partial charge in [0.15, 0.2) is 0 Å². The second-order valence-electron chi connectivity index (χ2n) is 4.33. The van der Waals surface area contributed by atoms with Gasteiger partial charge in [0.1, 0.15) is 0 Å². The molecule has 106 valence electrons. The van der Waals surface area contributed by atoms with Gasteiger partial charge in [-0.25, -0.2) is 0 Å². The van der Waals surface area contributed by atoms with Gasteiger partial charge in [-0.2, -0.15) is 13.2 Å². The summed E-state index contributed by atoms with van der Waals surface area (Å²) < 4.78 is 37.9. The first kappa shape index (κ1) is 16.1. The fourth-order valence-electron chi connectivity index (χ4n) is 1.56. The van der Waals surface area contributed by atoms with Crippen LogP contribution in [0, 0.1) is 6.92 Å². The van der Waals surface area contributed by atoms with E-state index in [1.807, 2.05) is 14.0 Å². The zero-order valence-corrected chi connectivity index (χ0v) is 11.9. The van der Waals surface area contributed by atoms with E-state index in [1.54, 1.807) is 0 Å². The van der Waals surface area contributed by atoms with Crippen LogP contribution in [0.4, 0.5) is 13.2 Å². The summed E-state index contributed by atoms with van der Waals surface area (Å²) in [5, 5.41) is 3.03. The second kappa shape index (κ2) is 7.01. The monoisotopic (exact) mass is 289 g/mol. The van der Waals surface area contributed by atoms with Crippen LogP contribution < -0.4 is 5.32 Å². The van der Waals surface area contributed by atoms with Crippen LogP contribution in [0.2, 0.25) is 0 Å². The zero-order valence-electron chi connectivity index (χ0n) is 11.1. The van der Waals surface area contributed by atoms with Crippen LogP contribution in [-0.2, 0) is 6.18 Å². The molecule has 5 heteroatoms. The number of halogens is 3. The average Bonchev–Trinajstić information content (AvgIpc) is 2.31. The number of nitrogens with one attached hydrogen (secondary N) is 1. The number of hydrogen-bond acceptors (Lipinski definition) is 2. The third-order valence-corrected chi connectivity index (χ3v) is 3.80. The summed E-state index contributed by atoms with van der Waals surface area (Å²) in [6.07, 6.45) is -2.57. The first-order valence-corrected chi connectivity index (χ1v) is 6.84. The van der Waals surface area contributed by atoms with Gasteiger partial charge in [-0.3, -0.25) is 0 Å². The second-order valence-corrected chi connectivity index (χ2v) is 5.55. The highest BCUT2D eigenvalue weighted by molar-refractivity contribution is 8.03. The molecule has 0 atom stereocenters. The zero-order chi connectivity index (χ0) is 14.5. The number of aryl methyl sites for hydroxylation is 1. The van der Waals surface area contributed by atoms with E-state index in [-0.39, 0.29) is 0 Å². The van der Waals surface area contributed by atoms with Crippen LogP contribution in [0.25, 0.3) is 0 Å². The smallest absolute Gasteiger partial charge is 0.320 e. The van der Waals surface area contributed by atoms with Crippen LogP contribution >= 0.6 is 11.8 Å². The van der Waals surface area contributed by atoms with E-state index >= 15 is 0 Å². The number of rotatable bonds is 6. The van der Waals surface area contributed by atoms with E-state index < -0.39 is 11.7 Å². The molecule has 0 amide bonds. The van der Waals surface area contributed by atoms with Gasteiger partial charge in [0.05, 0.1) is 5.56 Å². The lowest BCUT2D eigenvalue weighted by atomic mass is 10.1. The molecule has 19 heavy (non-hydrogen) atoms. The standard InChI is InChI=1S/C14H18F3NS/c1-10-6-7-12(14(15,16)17)9-13(10)19-11(2)5-4-8-18-3/h6-7,9,18H,2,4-5,8H2,1,3H3. The van der Waals surface area contributed by atoms with E-state index in [2.05, 4.69) is 11.9 Å². The van der Waals surface area contributed by atoms with E-state index in [9.17, 15) is 13.2 Å². The predicted molar refractivity (Wildman–Crippen MR) is 74.3 cm³/mol. The van der Waals surface area contributed by atoms with Crippen molar-refractivity contribution in [2.75, 3.05) is 13.6 Å². The Morgan fingerprint density at radius 2 is 2.05 bits per heavy atom. The Hall–Kier alpha value is -0.940. The fraction of sp³-hybridized carbons (Fsp3) is 0.429. The van der Waals surface area contributed by atoms with Gasteiger partial charge in [-0.15, -0.1) is 0 Å². The first-order chi connectivity index (χ1) is 8.84. The quantitative estimate of drug-likeness (QED) is 0.606. The van der Waals surface area contributed by atoms with Crippen molar-refractivity contribution >= 4 is 11.8 Å². The number of hydrogen-bond donors (Lipinski definition) is 1. The molecular formula is C14H18F3NS. The lowest BCUT2D eigenvalue weighted by molar-refractivity contribution is -0.137. The van der Waals surface area contributed by atoms with Crippen molar-refractivity contribution in [3.8, 4) is 0 Å². The largest absolute Gasteiger partial charge is 0.416 e. The van der Waals surface area contributed by atoms with Crippen LogP contribution in [0.1, 0.15) is 24.0 Å². The highest BCUT2D eigenvalue weighted by atomic mass is 32.2. The van der Waals surface area contributed by atoms with Gasteiger partial charge in [0, 0.05) is 4.90 Å². The Kier molecular flexibility index (Phi) is 5.94. The Bertz CT molecular complexity index is 441. The van der Waals surface area contributed by atoms with E-state index in [0.717, 1.165) is 35.9 Å². The molecule has 1 nitrogen and oxygen atoms in total. The summed E-state index contributed by atoms with van der Waals surface area (Å²) in [4.78, 5) is 1.52. The molecule has 1 N–H and O–H groups in total. The van der Waals surface area contributed by atoms with Gasteiger partial charge in [-0.05, 0) is 56.0 Å². The molecule has 1 aromatic carbocycles. The molecule has 1 rings (SSSR count). The molecule has 0 bridgehead atoms. The Labute approximate surface area is 116 Å². The van der Waals surface area contributed by atoms with Crippen molar-refractivity contribution in [3.05, 3.63) is 40.8 Å². The van der Waals surface area contributed by atoms with E-state index in [1.165, 1.54) is 23.9 Å². The molecule has 0 aliphatic carbocycles. The molecule has 0 unspecified atom stereocenters. The van der Waals surface area contributed by atoms with Crippen molar-refractivity contribution in [1.29, 1.82) is 0 Å². The maximum atomic E-state index is 12.6. The Balaban J connectivity index is 2.74. The highest BCUT2D eigenvalue weighted by Crippen LogP contribution is 2.36. The van der Waals surface area contributed by atoms with Crippen molar-refractivity contribution < 1.29 is 13.2 Å². The minimum absolute atomic E-state index is 0.608. The van der Waals surface area contributed by atoms with Gasteiger partial charge in [0.2, 0.25) is 0 Å². The van der Waals surface area contributed by atoms with E-state index in [4.69, 9.17) is 0 Å². The molecule has 0 fully saturated rings. The maximum Gasteiger partial charge on any atom is 0.416 e. The summed E-state index contributed by atoms with van der Waals surface area (Å²) >= 11 is 1.33. The van der Waals surface area contributed by atoms with Crippen molar-refractivity contribution in [2.45, 2.75) is 30.8 Å². The van der Waals surface area contributed by atoms with Crippen LogP contribution in [-0.4, -0.2) is 13.6 Å². The SMILES string of the molecule is C=C(CCCNC)Sc1cc(C(F)(F)F)ccc1C. The lowest BCUT2D eigenvalue weighted by Gasteiger charge is -2.12. The van der Waals surface area contributed by atoms with E-state index in [0.29, 0.717) is 4.90 Å². The average molecular weight is 289 g/mol. The summed E-state index contributed by atoms with van der Waals surface area (Å²) in [5.41, 5.74) is 0.233. The molecule has 0 saturated heterocycles. The summed E-state index contributed by atoms with van der Waals surface area (Å²) in [5.74, 6) is 0. The number of benzene rings is 1. The number of alkyl halides is 3. The lowest BCUT2D eigenvalue weighted by Crippen LogP contribution is -2.07. The topological polar surface area (TPSA) is 12.0 Å². The molecule has 0 radical (unpaired) electrons. The molecule has 0 aromatic heterocycles.